The SMILES string of the molecule is CC1CCc2cc3cc(Br)ccc3c(=O)n2CC1.COC1=NCCC(C)CC1.O=C1Cc2cc(Br)ccc2C(=O)O1. The fraction of sp³-hybridized carbons (Fsp3) is 0.438. The van der Waals surface area contributed by atoms with Crippen molar-refractivity contribution in [3.63, 3.8) is 0 Å². The predicted molar refractivity (Wildman–Crippen MR) is 169 cm³/mol. The van der Waals surface area contributed by atoms with Gasteiger partial charge >= 0.3 is 11.9 Å². The average molecular weight is 688 g/mol. The summed E-state index contributed by atoms with van der Waals surface area (Å²) in [5.74, 6) is 1.41. The molecular formula is C32H36Br2N2O5. The van der Waals surface area contributed by atoms with E-state index >= 15 is 0 Å². The summed E-state index contributed by atoms with van der Waals surface area (Å²) < 4.78 is 13.4. The van der Waals surface area contributed by atoms with E-state index in [1.54, 1.807) is 25.3 Å². The summed E-state index contributed by atoms with van der Waals surface area (Å²) in [5.41, 5.74) is 2.55. The lowest BCUT2D eigenvalue weighted by molar-refractivity contribution is -0.137. The molecule has 0 bridgehead atoms. The van der Waals surface area contributed by atoms with E-state index in [-0.39, 0.29) is 12.0 Å². The molecule has 0 spiro atoms. The number of esters is 2. The van der Waals surface area contributed by atoms with Crippen LogP contribution in [0.4, 0.5) is 0 Å². The van der Waals surface area contributed by atoms with Gasteiger partial charge in [-0.25, -0.2) is 4.79 Å². The third kappa shape index (κ3) is 8.38. The molecule has 0 radical (unpaired) electrons. The fourth-order valence-electron chi connectivity index (χ4n) is 5.15. The highest BCUT2D eigenvalue weighted by molar-refractivity contribution is 9.10. The molecule has 4 heterocycles. The minimum Gasteiger partial charge on any atom is -0.484 e. The Hall–Kier alpha value is -2.78. The van der Waals surface area contributed by atoms with Gasteiger partial charge in [0.2, 0.25) is 0 Å². The van der Waals surface area contributed by atoms with Crippen LogP contribution < -0.4 is 5.56 Å². The van der Waals surface area contributed by atoms with Crippen LogP contribution in [-0.2, 0) is 33.7 Å². The normalized spacial score (nSPS) is 20.0. The molecule has 0 N–H and O–H groups in total. The zero-order valence-corrected chi connectivity index (χ0v) is 26.9. The Bertz CT molecular complexity index is 1510. The average Bonchev–Trinajstić information content (AvgIpc) is 3.26. The highest BCUT2D eigenvalue weighted by atomic mass is 79.9. The monoisotopic (exact) mass is 686 g/mol. The topological polar surface area (TPSA) is 87.0 Å². The molecule has 3 aliphatic rings. The van der Waals surface area contributed by atoms with Crippen LogP contribution in [0.2, 0.25) is 0 Å². The third-order valence-corrected chi connectivity index (χ3v) is 8.71. The van der Waals surface area contributed by atoms with Crippen molar-refractivity contribution < 1.29 is 19.1 Å². The summed E-state index contributed by atoms with van der Waals surface area (Å²) in [6.45, 7) is 6.35. The second kappa shape index (κ2) is 14.4. The van der Waals surface area contributed by atoms with Crippen molar-refractivity contribution in [3.05, 3.63) is 78.6 Å². The lowest BCUT2D eigenvalue weighted by Gasteiger charge is -2.13. The minimum absolute atomic E-state index is 0.167. The summed E-state index contributed by atoms with van der Waals surface area (Å²) in [5, 5.41) is 1.88. The molecule has 3 aromatic rings. The standard InChI is InChI=1S/C15H16BrNO.C9H5BrO3.C8H15NO/c1-10-2-4-13-9-11-8-12(16)3-5-14(11)15(18)17(13)7-6-10;10-6-1-2-7-5(3-6)4-8(11)13-9(7)12;1-7-3-4-8(10-2)9-6-5-7/h3,5,8-10H,2,4,6-7H2,1H3;1-3H,4H2;7H,3-6H2,1-2H3. The van der Waals surface area contributed by atoms with Crippen molar-refractivity contribution in [1.82, 2.24) is 4.57 Å². The van der Waals surface area contributed by atoms with Gasteiger partial charge in [-0.1, -0.05) is 45.7 Å². The molecule has 6 rings (SSSR count). The zero-order valence-electron chi connectivity index (χ0n) is 23.8. The predicted octanol–water partition coefficient (Wildman–Crippen LogP) is 7.28. The number of benzene rings is 2. The van der Waals surface area contributed by atoms with Gasteiger partial charge in [-0.05, 0) is 97.4 Å². The maximum Gasteiger partial charge on any atom is 0.346 e. The first kappa shape index (κ1) is 31.2. The van der Waals surface area contributed by atoms with E-state index in [0.717, 1.165) is 69.4 Å². The van der Waals surface area contributed by atoms with E-state index in [9.17, 15) is 14.4 Å². The fourth-order valence-corrected chi connectivity index (χ4v) is 5.94. The number of hydrogen-bond donors (Lipinski definition) is 0. The number of aromatic nitrogens is 1. The van der Waals surface area contributed by atoms with Gasteiger partial charge in [0, 0.05) is 39.5 Å². The first-order chi connectivity index (χ1) is 19.6. The van der Waals surface area contributed by atoms with E-state index in [4.69, 9.17) is 4.74 Å². The Labute approximate surface area is 257 Å². The molecule has 218 valence electrons. The Morgan fingerprint density at radius 1 is 0.902 bits per heavy atom. The van der Waals surface area contributed by atoms with Crippen molar-refractivity contribution in [2.75, 3.05) is 13.7 Å². The van der Waals surface area contributed by atoms with E-state index in [1.165, 1.54) is 25.0 Å². The molecular weight excluding hydrogens is 652 g/mol. The second-order valence-electron chi connectivity index (χ2n) is 10.9. The number of aliphatic imine (C=N–C) groups is 1. The van der Waals surface area contributed by atoms with Crippen LogP contribution in [0.3, 0.4) is 0 Å². The molecule has 9 heteroatoms. The summed E-state index contributed by atoms with van der Waals surface area (Å²) in [7, 11) is 1.70. The molecule has 2 unspecified atom stereocenters. The molecule has 0 fully saturated rings. The highest BCUT2D eigenvalue weighted by Crippen LogP contribution is 2.24. The third-order valence-electron chi connectivity index (χ3n) is 7.72. The van der Waals surface area contributed by atoms with Gasteiger partial charge in [0.15, 0.2) is 5.90 Å². The van der Waals surface area contributed by atoms with Gasteiger partial charge in [0.05, 0.1) is 19.1 Å². The van der Waals surface area contributed by atoms with Gasteiger partial charge in [-0.2, -0.15) is 0 Å². The number of ether oxygens (including phenoxy) is 2. The van der Waals surface area contributed by atoms with E-state index < -0.39 is 11.9 Å². The number of methoxy groups -OCH3 is 1. The molecule has 41 heavy (non-hydrogen) atoms. The number of aryl methyl sites for hydroxylation is 1. The Morgan fingerprint density at radius 3 is 2.39 bits per heavy atom. The van der Waals surface area contributed by atoms with Gasteiger partial charge in [-0.3, -0.25) is 14.6 Å². The number of cyclic esters (lactones) is 2. The molecule has 2 atom stereocenters. The molecule has 0 saturated carbocycles. The number of carbonyl (C=O) groups is 2. The first-order valence-corrected chi connectivity index (χ1v) is 15.7. The summed E-state index contributed by atoms with van der Waals surface area (Å²) in [6, 6.07) is 13.2. The summed E-state index contributed by atoms with van der Waals surface area (Å²) in [4.78, 5) is 38.8. The number of halogens is 2. The van der Waals surface area contributed by atoms with E-state index in [0.29, 0.717) is 11.5 Å². The number of hydrogen-bond acceptors (Lipinski definition) is 6. The van der Waals surface area contributed by atoms with Gasteiger partial charge in [-0.15, -0.1) is 0 Å². The molecule has 7 nitrogen and oxygen atoms in total. The van der Waals surface area contributed by atoms with Crippen LogP contribution in [0.1, 0.15) is 67.6 Å². The second-order valence-corrected chi connectivity index (χ2v) is 12.7. The highest BCUT2D eigenvalue weighted by Gasteiger charge is 2.24. The van der Waals surface area contributed by atoms with Crippen LogP contribution in [0.15, 0.2) is 61.2 Å². The van der Waals surface area contributed by atoms with Crippen molar-refractivity contribution in [2.24, 2.45) is 16.8 Å². The molecule has 0 saturated heterocycles. The van der Waals surface area contributed by atoms with Crippen molar-refractivity contribution in [3.8, 4) is 0 Å². The van der Waals surface area contributed by atoms with E-state index in [2.05, 4.69) is 61.5 Å². The van der Waals surface area contributed by atoms with Crippen LogP contribution in [-0.4, -0.2) is 36.1 Å². The van der Waals surface area contributed by atoms with E-state index in [1.807, 2.05) is 22.8 Å². The lowest BCUT2D eigenvalue weighted by atomic mass is 10.0. The van der Waals surface area contributed by atoms with Crippen LogP contribution >= 0.6 is 31.9 Å². The molecule has 3 aliphatic heterocycles. The largest absolute Gasteiger partial charge is 0.484 e. The van der Waals surface area contributed by atoms with Crippen molar-refractivity contribution in [1.29, 1.82) is 0 Å². The van der Waals surface area contributed by atoms with Crippen LogP contribution in [0.5, 0.6) is 0 Å². The van der Waals surface area contributed by atoms with Gasteiger partial charge in [0.25, 0.3) is 5.56 Å². The number of carbonyl (C=O) groups excluding carboxylic acids is 2. The molecule has 0 aliphatic carbocycles. The Morgan fingerprint density at radius 2 is 1.61 bits per heavy atom. The Balaban J connectivity index is 0.000000149. The van der Waals surface area contributed by atoms with Gasteiger partial charge in [0.1, 0.15) is 0 Å². The maximum absolute atomic E-state index is 12.5. The lowest BCUT2D eigenvalue weighted by Crippen LogP contribution is -2.22. The number of fused-ring (bicyclic) bond motifs is 3. The van der Waals surface area contributed by atoms with Crippen LogP contribution in [0, 0.1) is 11.8 Å². The molecule has 1 aromatic heterocycles. The quantitative estimate of drug-likeness (QED) is 0.183. The smallest absolute Gasteiger partial charge is 0.346 e. The molecule has 2 aromatic carbocycles. The number of rotatable bonds is 0. The van der Waals surface area contributed by atoms with Crippen molar-refractivity contribution in [2.45, 2.75) is 65.3 Å². The summed E-state index contributed by atoms with van der Waals surface area (Å²) in [6.07, 6.45) is 6.93. The maximum atomic E-state index is 12.5. The molecule has 0 amide bonds. The minimum atomic E-state index is -0.557. The summed E-state index contributed by atoms with van der Waals surface area (Å²) >= 11 is 6.74. The number of nitrogens with zero attached hydrogens (tertiary/aromatic N) is 2. The van der Waals surface area contributed by atoms with Gasteiger partial charge < -0.3 is 14.0 Å². The Kier molecular flexibility index (Phi) is 10.9. The number of pyridine rings is 1. The first-order valence-electron chi connectivity index (χ1n) is 14.1. The van der Waals surface area contributed by atoms with Crippen molar-refractivity contribution >= 4 is 60.5 Å². The van der Waals surface area contributed by atoms with Crippen LogP contribution in [0.25, 0.3) is 10.8 Å². The zero-order chi connectivity index (χ0) is 29.5.